The zero-order valence-corrected chi connectivity index (χ0v) is 14.6. The third kappa shape index (κ3) is 3.39. The summed E-state index contributed by atoms with van der Waals surface area (Å²) in [7, 11) is 0. The van der Waals surface area contributed by atoms with Crippen LogP contribution in [0.5, 0.6) is 0 Å². The Balaban J connectivity index is 1.48. The van der Waals surface area contributed by atoms with Crippen LogP contribution in [0.2, 0.25) is 0 Å². The summed E-state index contributed by atoms with van der Waals surface area (Å²) in [6, 6.07) is 16.7. The number of carbonyl (C=O) groups excluding carboxylic acids is 1. The van der Waals surface area contributed by atoms with Crippen LogP contribution in [0.3, 0.4) is 0 Å². The number of likely N-dealkylation sites (tertiary alicyclic amines) is 1. The van der Waals surface area contributed by atoms with Gasteiger partial charge >= 0.3 is 0 Å². The number of rotatable bonds is 3. The molecule has 2 aliphatic heterocycles. The zero-order valence-electron chi connectivity index (χ0n) is 14.6. The molecular weight excluding hydrogens is 310 g/mol. The second-order valence-electron chi connectivity index (χ2n) is 7.07. The number of hydrogen-bond donors (Lipinski definition) is 0. The lowest BCUT2D eigenvalue weighted by molar-refractivity contribution is -0.136. The molecule has 0 bridgehead atoms. The number of pyridine rings is 1. The van der Waals surface area contributed by atoms with Gasteiger partial charge < -0.3 is 9.80 Å². The number of anilines is 1. The molecule has 1 aromatic heterocycles. The van der Waals surface area contributed by atoms with E-state index in [0.717, 1.165) is 51.1 Å². The maximum absolute atomic E-state index is 13.2. The molecule has 2 atom stereocenters. The van der Waals surface area contributed by atoms with Crippen LogP contribution in [-0.4, -0.2) is 35.4 Å². The molecule has 1 aromatic carbocycles. The fraction of sp³-hybridized carbons (Fsp3) is 0.429. The minimum Gasteiger partial charge on any atom is -0.356 e. The van der Waals surface area contributed by atoms with E-state index in [4.69, 9.17) is 0 Å². The SMILES string of the molecule is O=C(C1CCCN(c2ccccn2)C1)N1CCCC1c1ccccc1. The summed E-state index contributed by atoms with van der Waals surface area (Å²) in [5.74, 6) is 1.40. The highest BCUT2D eigenvalue weighted by molar-refractivity contribution is 5.80. The van der Waals surface area contributed by atoms with Crippen molar-refractivity contribution >= 4 is 11.7 Å². The molecule has 2 aliphatic rings. The van der Waals surface area contributed by atoms with Crippen molar-refractivity contribution in [3.63, 3.8) is 0 Å². The first-order chi connectivity index (χ1) is 12.3. The molecule has 4 heteroatoms. The van der Waals surface area contributed by atoms with Crippen molar-refractivity contribution in [3.05, 3.63) is 60.3 Å². The normalized spacial score (nSPS) is 23.7. The molecule has 0 aliphatic carbocycles. The summed E-state index contributed by atoms with van der Waals surface area (Å²) in [5, 5.41) is 0. The number of piperidine rings is 1. The van der Waals surface area contributed by atoms with Crippen LogP contribution in [0, 0.1) is 5.92 Å². The molecule has 3 heterocycles. The first kappa shape index (κ1) is 16.1. The number of nitrogens with zero attached hydrogens (tertiary/aromatic N) is 3. The Hall–Kier alpha value is -2.36. The lowest BCUT2D eigenvalue weighted by Crippen LogP contribution is -2.45. The molecule has 2 unspecified atom stereocenters. The van der Waals surface area contributed by atoms with E-state index < -0.39 is 0 Å². The Bertz CT molecular complexity index is 704. The van der Waals surface area contributed by atoms with Crippen molar-refractivity contribution in [1.29, 1.82) is 0 Å². The van der Waals surface area contributed by atoms with Crippen LogP contribution in [0.4, 0.5) is 5.82 Å². The van der Waals surface area contributed by atoms with Crippen LogP contribution in [0.25, 0.3) is 0 Å². The van der Waals surface area contributed by atoms with E-state index in [1.807, 2.05) is 30.5 Å². The summed E-state index contributed by atoms with van der Waals surface area (Å²) in [6.07, 6.45) is 6.04. The molecule has 2 aromatic rings. The molecule has 130 valence electrons. The summed E-state index contributed by atoms with van der Waals surface area (Å²) in [4.78, 5) is 22.1. The van der Waals surface area contributed by atoms with Crippen LogP contribution in [0.1, 0.15) is 37.3 Å². The molecular formula is C21H25N3O. The predicted octanol–water partition coefficient (Wildman–Crippen LogP) is 3.66. The van der Waals surface area contributed by atoms with Crippen molar-refractivity contribution in [3.8, 4) is 0 Å². The Labute approximate surface area is 149 Å². The average Bonchev–Trinajstić information content (AvgIpc) is 3.19. The molecule has 25 heavy (non-hydrogen) atoms. The standard InChI is InChI=1S/C21H25N3O/c25-21(24-15-7-11-19(24)17-8-2-1-3-9-17)18-10-6-14-23(16-18)20-12-4-5-13-22-20/h1-5,8-9,12-13,18-19H,6-7,10-11,14-16H2. The molecule has 0 radical (unpaired) electrons. The van der Waals surface area contributed by atoms with Crippen LogP contribution >= 0.6 is 0 Å². The van der Waals surface area contributed by atoms with Gasteiger partial charge in [0, 0.05) is 25.8 Å². The Kier molecular flexibility index (Phi) is 4.68. The number of benzene rings is 1. The largest absolute Gasteiger partial charge is 0.356 e. The van der Waals surface area contributed by atoms with Crippen LogP contribution < -0.4 is 4.90 Å². The van der Waals surface area contributed by atoms with Crippen molar-refractivity contribution in [2.75, 3.05) is 24.5 Å². The van der Waals surface area contributed by atoms with Crippen LogP contribution in [0.15, 0.2) is 54.7 Å². The Morgan fingerprint density at radius 3 is 2.56 bits per heavy atom. The smallest absolute Gasteiger partial charge is 0.227 e. The van der Waals surface area contributed by atoms with Crippen molar-refractivity contribution < 1.29 is 4.79 Å². The molecule has 1 amide bonds. The number of aromatic nitrogens is 1. The Morgan fingerprint density at radius 2 is 1.76 bits per heavy atom. The van der Waals surface area contributed by atoms with Gasteiger partial charge in [-0.25, -0.2) is 4.98 Å². The van der Waals surface area contributed by atoms with E-state index in [2.05, 4.69) is 39.0 Å². The molecule has 0 spiro atoms. The Morgan fingerprint density at radius 1 is 0.960 bits per heavy atom. The fourth-order valence-electron chi connectivity index (χ4n) is 4.21. The average molecular weight is 335 g/mol. The summed E-state index contributed by atoms with van der Waals surface area (Å²) in [5.41, 5.74) is 1.27. The fourth-order valence-corrected chi connectivity index (χ4v) is 4.21. The van der Waals surface area contributed by atoms with Gasteiger partial charge in [-0.1, -0.05) is 36.4 Å². The van der Waals surface area contributed by atoms with Crippen molar-refractivity contribution in [2.45, 2.75) is 31.7 Å². The summed E-state index contributed by atoms with van der Waals surface area (Å²) >= 11 is 0. The van der Waals surface area contributed by atoms with Crippen molar-refractivity contribution in [1.82, 2.24) is 9.88 Å². The van der Waals surface area contributed by atoms with Gasteiger partial charge in [-0.2, -0.15) is 0 Å². The third-order valence-electron chi connectivity index (χ3n) is 5.46. The van der Waals surface area contributed by atoms with Gasteiger partial charge in [0.05, 0.1) is 12.0 Å². The maximum atomic E-state index is 13.2. The van der Waals surface area contributed by atoms with Gasteiger partial charge in [-0.05, 0) is 43.4 Å². The van der Waals surface area contributed by atoms with Gasteiger partial charge in [0.15, 0.2) is 0 Å². The second kappa shape index (κ2) is 7.26. The first-order valence-corrected chi connectivity index (χ1v) is 9.34. The second-order valence-corrected chi connectivity index (χ2v) is 7.07. The quantitative estimate of drug-likeness (QED) is 0.859. The molecule has 0 saturated carbocycles. The number of amides is 1. The van der Waals surface area contributed by atoms with Gasteiger partial charge in [0.25, 0.3) is 0 Å². The van der Waals surface area contributed by atoms with Gasteiger partial charge in [0.1, 0.15) is 5.82 Å². The minimum absolute atomic E-state index is 0.0834. The predicted molar refractivity (Wildman–Crippen MR) is 99.3 cm³/mol. The highest BCUT2D eigenvalue weighted by Crippen LogP contribution is 2.34. The van der Waals surface area contributed by atoms with E-state index in [9.17, 15) is 4.79 Å². The van der Waals surface area contributed by atoms with Crippen LogP contribution in [-0.2, 0) is 4.79 Å². The molecule has 4 nitrogen and oxygen atoms in total. The van der Waals surface area contributed by atoms with E-state index in [-0.39, 0.29) is 12.0 Å². The number of hydrogen-bond acceptors (Lipinski definition) is 3. The lowest BCUT2D eigenvalue weighted by atomic mass is 9.95. The van der Waals surface area contributed by atoms with E-state index in [0.29, 0.717) is 5.91 Å². The summed E-state index contributed by atoms with van der Waals surface area (Å²) < 4.78 is 0. The maximum Gasteiger partial charge on any atom is 0.227 e. The third-order valence-corrected chi connectivity index (χ3v) is 5.46. The lowest BCUT2D eigenvalue weighted by Gasteiger charge is -2.36. The van der Waals surface area contributed by atoms with E-state index in [1.54, 1.807) is 0 Å². The van der Waals surface area contributed by atoms with Crippen molar-refractivity contribution in [2.24, 2.45) is 5.92 Å². The molecule has 2 saturated heterocycles. The van der Waals surface area contributed by atoms with Gasteiger partial charge in [0.2, 0.25) is 5.91 Å². The molecule has 4 rings (SSSR count). The highest BCUT2D eigenvalue weighted by atomic mass is 16.2. The highest BCUT2D eigenvalue weighted by Gasteiger charge is 2.35. The molecule has 0 N–H and O–H groups in total. The summed E-state index contributed by atoms with van der Waals surface area (Å²) in [6.45, 7) is 2.66. The van der Waals surface area contributed by atoms with Gasteiger partial charge in [-0.15, -0.1) is 0 Å². The number of carbonyl (C=O) groups is 1. The van der Waals surface area contributed by atoms with E-state index in [1.165, 1.54) is 5.56 Å². The first-order valence-electron chi connectivity index (χ1n) is 9.34. The van der Waals surface area contributed by atoms with E-state index >= 15 is 0 Å². The zero-order chi connectivity index (χ0) is 17.1. The molecule has 2 fully saturated rings. The minimum atomic E-state index is 0.0834. The van der Waals surface area contributed by atoms with Gasteiger partial charge in [-0.3, -0.25) is 4.79 Å². The monoisotopic (exact) mass is 335 g/mol. The topological polar surface area (TPSA) is 36.4 Å².